The number of Topliss-reactive ketones (excluding diaryl/α,β-unsaturated/α-hetero) is 1. The molecule has 0 spiro atoms. The molecular weight excluding hydrogens is 396 g/mol. The van der Waals surface area contributed by atoms with Gasteiger partial charge >= 0.3 is 0 Å². The number of allylic oxidation sites excluding steroid dienone is 2. The Morgan fingerprint density at radius 1 is 1.33 bits per heavy atom. The molecule has 0 aromatic heterocycles. The van der Waals surface area contributed by atoms with Crippen LogP contribution in [0, 0.1) is 5.41 Å². The second kappa shape index (κ2) is 5.54. The van der Waals surface area contributed by atoms with Crippen molar-refractivity contribution in [2.45, 2.75) is 45.4 Å². The number of benzene rings is 1. The van der Waals surface area contributed by atoms with Crippen molar-refractivity contribution < 1.29 is 9.90 Å². The summed E-state index contributed by atoms with van der Waals surface area (Å²) in [6.45, 7) is 2.19. The molecule has 2 nitrogen and oxygen atoms in total. The van der Waals surface area contributed by atoms with Gasteiger partial charge in [0.05, 0.1) is 8.96 Å². The van der Waals surface area contributed by atoms with Gasteiger partial charge in [0.25, 0.3) is 0 Å². The Morgan fingerprint density at radius 2 is 2.10 bits per heavy atom. The van der Waals surface area contributed by atoms with Gasteiger partial charge in [-0.25, -0.2) is 0 Å². The second-order valence-corrected chi connectivity index (χ2v) is 7.68. The van der Waals surface area contributed by atoms with E-state index in [2.05, 4.69) is 38.8 Å². The highest BCUT2D eigenvalue weighted by Gasteiger charge is 2.47. The van der Waals surface area contributed by atoms with Crippen LogP contribution in [0.3, 0.4) is 0 Å². The van der Waals surface area contributed by atoms with Crippen LogP contribution in [0.2, 0.25) is 0 Å². The van der Waals surface area contributed by atoms with Crippen LogP contribution >= 0.6 is 31.9 Å². The number of halogens is 2. The van der Waals surface area contributed by atoms with Gasteiger partial charge in [0.1, 0.15) is 5.75 Å². The SMILES string of the molecule is CCCCC12CCc3c(ccc(O)c3Br)C1=C(Br)C(=O)C2. The fourth-order valence-corrected chi connectivity index (χ4v) is 5.09. The first-order chi connectivity index (χ1) is 10.00. The minimum Gasteiger partial charge on any atom is -0.507 e. The zero-order valence-corrected chi connectivity index (χ0v) is 15.2. The lowest BCUT2D eigenvalue weighted by atomic mass is 9.66. The van der Waals surface area contributed by atoms with Gasteiger partial charge in [-0.2, -0.15) is 0 Å². The van der Waals surface area contributed by atoms with E-state index in [0.717, 1.165) is 52.2 Å². The van der Waals surface area contributed by atoms with E-state index in [-0.39, 0.29) is 16.9 Å². The van der Waals surface area contributed by atoms with Gasteiger partial charge in [0.15, 0.2) is 5.78 Å². The third-order valence-electron chi connectivity index (χ3n) is 4.85. The first-order valence-corrected chi connectivity index (χ1v) is 9.03. The summed E-state index contributed by atoms with van der Waals surface area (Å²) in [6.07, 6.45) is 5.88. The summed E-state index contributed by atoms with van der Waals surface area (Å²) in [4.78, 5) is 12.3. The molecule has 112 valence electrons. The van der Waals surface area contributed by atoms with Crippen LogP contribution in [0.15, 0.2) is 21.1 Å². The van der Waals surface area contributed by atoms with Gasteiger partial charge in [0, 0.05) is 11.8 Å². The number of phenolic OH excluding ortho intramolecular Hbond substituents is 1. The quantitative estimate of drug-likeness (QED) is 0.724. The molecule has 0 radical (unpaired) electrons. The maximum absolute atomic E-state index is 12.3. The van der Waals surface area contributed by atoms with Crippen molar-refractivity contribution in [1.82, 2.24) is 0 Å². The smallest absolute Gasteiger partial charge is 0.171 e. The fourth-order valence-electron chi connectivity index (χ4n) is 3.77. The lowest BCUT2D eigenvalue weighted by molar-refractivity contribution is -0.115. The number of aromatic hydroxyl groups is 1. The normalized spacial score (nSPS) is 24.2. The van der Waals surface area contributed by atoms with Crippen LogP contribution in [0.4, 0.5) is 0 Å². The summed E-state index contributed by atoms with van der Waals surface area (Å²) < 4.78 is 1.52. The van der Waals surface area contributed by atoms with Gasteiger partial charge in [-0.05, 0) is 73.9 Å². The summed E-state index contributed by atoms with van der Waals surface area (Å²) in [7, 11) is 0. The average Bonchev–Trinajstić information content (AvgIpc) is 2.73. The maximum Gasteiger partial charge on any atom is 0.171 e. The standard InChI is InChI=1S/C17H18Br2O2/c1-2-3-7-17-8-6-11-10(4-5-12(20)15(11)18)14(17)16(19)13(21)9-17/h4-5,20H,2-3,6-9H2,1H3. The molecule has 0 bridgehead atoms. The lowest BCUT2D eigenvalue weighted by Crippen LogP contribution is -2.26. The van der Waals surface area contributed by atoms with Crippen molar-refractivity contribution in [3.05, 3.63) is 32.2 Å². The minimum atomic E-state index is -0.00462. The third kappa shape index (κ3) is 2.31. The molecule has 0 aliphatic heterocycles. The Hall–Kier alpha value is -0.610. The van der Waals surface area contributed by atoms with E-state index in [4.69, 9.17) is 0 Å². The van der Waals surface area contributed by atoms with Gasteiger partial charge in [-0.15, -0.1) is 0 Å². The van der Waals surface area contributed by atoms with E-state index in [0.29, 0.717) is 6.42 Å². The molecule has 1 N–H and O–H groups in total. The van der Waals surface area contributed by atoms with E-state index in [1.165, 1.54) is 5.57 Å². The molecule has 2 aliphatic rings. The van der Waals surface area contributed by atoms with Crippen LogP contribution in [0.25, 0.3) is 5.57 Å². The third-order valence-corrected chi connectivity index (χ3v) is 6.57. The number of carbonyl (C=O) groups excluding carboxylic acids is 1. The van der Waals surface area contributed by atoms with Gasteiger partial charge in [0.2, 0.25) is 0 Å². The Balaban J connectivity index is 2.17. The summed E-state index contributed by atoms with van der Waals surface area (Å²) in [5.41, 5.74) is 3.42. The van der Waals surface area contributed by atoms with Crippen LogP contribution < -0.4 is 0 Å². The minimum absolute atomic E-state index is 0.00462. The number of phenols is 1. The number of ketones is 1. The Morgan fingerprint density at radius 3 is 2.81 bits per heavy atom. The molecule has 21 heavy (non-hydrogen) atoms. The number of hydrogen-bond acceptors (Lipinski definition) is 2. The summed E-state index contributed by atoms with van der Waals surface area (Å²) >= 11 is 7.03. The van der Waals surface area contributed by atoms with Crippen molar-refractivity contribution in [2.24, 2.45) is 5.41 Å². The van der Waals surface area contributed by atoms with Crippen LogP contribution in [-0.2, 0) is 11.2 Å². The molecular formula is C17H18Br2O2. The number of rotatable bonds is 3. The predicted octanol–water partition coefficient (Wildman–Crippen LogP) is 5.36. The molecule has 1 atom stereocenters. The van der Waals surface area contributed by atoms with Crippen LogP contribution in [-0.4, -0.2) is 10.9 Å². The fraction of sp³-hybridized carbons (Fsp3) is 0.471. The second-order valence-electron chi connectivity index (χ2n) is 6.10. The zero-order chi connectivity index (χ0) is 15.2. The molecule has 1 unspecified atom stereocenters. The first-order valence-electron chi connectivity index (χ1n) is 7.44. The first kappa shape index (κ1) is 15.3. The van der Waals surface area contributed by atoms with Crippen molar-refractivity contribution in [2.75, 3.05) is 0 Å². The van der Waals surface area contributed by atoms with Gasteiger partial charge in [-0.3, -0.25) is 4.79 Å². The molecule has 0 fully saturated rings. The van der Waals surface area contributed by atoms with E-state index < -0.39 is 0 Å². The zero-order valence-electron chi connectivity index (χ0n) is 12.0. The number of carbonyl (C=O) groups is 1. The average molecular weight is 414 g/mol. The Bertz CT molecular complexity index is 648. The molecule has 0 heterocycles. The molecule has 0 saturated heterocycles. The molecule has 1 aromatic carbocycles. The Kier molecular flexibility index (Phi) is 4.04. The van der Waals surface area contributed by atoms with E-state index in [1.807, 2.05) is 6.07 Å². The predicted molar refractivity (Wildman–Crippen MR) is 91.6 cm³/mol. The number of fused-ring (bicyclic) bond motifs is 3. The monoisotopic (exact) mass is 412 g/mol. The molecule has 2 aliphatic carbocycles. The molecule has 1 aromatic rings. The van der Waals surface area contributed by atoms with E-state index >= 15 is 0 Å². The van der Waals surface area contributed by atoms with Crippen LogP contribution in [0.5, 0.6) is 5.75 Å². The molecule has 0 amide bonds. The van der Waals surface area contributed by atoms with Crippen molar-refractivity contribution in [1.29, 1.82) is 0 Å². The highest BCUT2D eigenvalue weighted by atomic mass is 79.9. The number of unbranched alkanes of at least 4 members (excludes halogenated alkanes) is 1. The Labute approximate surface area is 141 Å². The van der Waals surface area contributed by atoms with Gasteiger partial charge in [-0.1, -0.05) is 25.8 Å². The maximum atomic E-state index is 12.3. The van der Waals surface area contributed by atoms with Crippen LogP contribution in [0.1, 0.15) is 50.2 Å². The number of hydrogen-bond donors (Lipinski definition) is 1. The topological polar surface area (TPSA) is 37.3 Å². The highest BCUT2D eigenvalue weighted by molar-refractivity contribution is 9.12. The highest BCUT2D eigenvalue weighted by Crippen LogP contribution is 2.58. The molecule has 0 saturated carbocycles. The van der Waals surface area contributed by atoms with Gasteiger partial charge < -0.3 is 5.11 Å². The van der Waals surface area contributed by atoms with Crippen molar-refractivity contribution in [3.8, 4) is 5.75 Å². The largest absolute Gasteiger partial charge is 0.507 e. The van der Waals surface area contributed by atoms with Crippen molar-refractivity contribution >= 4 is 43.2 Å². The summed E-state index contributed by atoms with van der Waals surface area (Å²) in [5.74, 6) is 0.494. The lowest BCUT2D eigenvalue weighted by Gasteiger charge is -2.37. The van der Waals surface area contributed by atoms with E-state index in [9.17, 15) is 9.90 Å². The summed E-state index contributed by atoms with van der Waals surface area (Å²) in [5, 5.41) is 9.90. The molecule has 4 heteroatoms. The molecule has 3 rings (SSSR count). The summed E-state index contributed by atoms with van der Waals surface area (Å²) in [6, 6.07) is 3.68. The van der Waals surface area contributed by atoms with Crippen molar-refractivity contribution in [3.63, 3.8) is 0 Å². The van der Waals surface area contributed by atoms with E-state index in [1.54, 1.807) is 6.07 Å².